The van der Waals surface area contributed by atoms with E-state index in [4.69, 9.17) is 18.6 Å². The topological polar surface area (TPSA) is 65.6 Å². The molecular formula is C19H25N2O5+. The summed E-state index contributed by atoms with van der Waals surface area (Å²) in [6.07, 6.45) is 1.53. The maximum atomic E-state index is 12.4. The molecule has 7 nitrogen and oxygen atoms in total. The third kappa shape index (κ3) is 3.62. The molecule has 0 spiro atoms. The summed E-state index contributed by atoms with van der Waals surface area (Å²) >= 11 is 0. The van der Waals surface area contributed by atoms with Gasteiger partial charge in [-0.05, 0) is 24.3 Å². The van der Waals surface area contributed by atoms with E-state index in [1.165, 1.54) is 11.2 Å². The van der Waals surface area contributed by atoms with Crippen LogP contribution >= 0.6 is 0 Å². The van der Waals surface area contributed by atoms with E-state index in [9.17, 15) is 4.79 Å². The molecule has 1 N–H and O–H groups in total. The van der Waals surface area contributed by atoms with Gasteiger partial charge in [0.1, 0.15) is 6.54 Å². The molecule has 0 bridgehead atoms. The Morgan fingerprint density at radius 2 is 1.81 bits per heavy atom. The van der Waals surface area contributed by atoms with Crippen LogP contribution in [0.15, 0.2) is 34.9 Å². The summed E-state index contributed by atoms with van der Waals surface area (Å²) in [5.41, 5.74) is 1.06. The average molecular weight is 361 g/mol. The number of furan rings is 1. The first-order chi connectivity index (χ1) is 12.7. The summed E-state index contributed by atoms with van der Waals surface area (Å²) in [6.45, 7) is 3.93. The second-order valence-electron chi connectivity index (χ2n) is 6.19. The van der Waals surface area contributed by atoms with Gasteiger partial charge in [0.15, 0.2) is 17.3 Å². The third-order valence-corrected chi connectivity index (χ3v) is 4.72. The molecule has 1 aliphatic rings. The molecule has 140 valence electrons. The molecule has 0 atom stereocenters. The molecule has 1 saturated heterocycles. The molecule has 0 unspecified atom stereocenters. The van der Waals surface area contributed by atoms with Crippen LogP contribution in [0.2, 0.25) is 0 Å². The number of quaternary nitrogens is 1. The van der Waals surface area contributed by atoms with Crippen LogP contribution in [-0.2, 0) is 6.54 Å². The van der Waals surface area contributed by atoms with Crippen LogP contribution in [0.5, 0.6) is 17.2 Å². The highest BCUT2D eigenvalue weighted by Crippen LogP contribution is 2.39. The van der Waals surface area contributed by atoms with Gasteiger partial charge in [-0.3, -0.25) is 4.79 Å². The molecule has 0 saturated carbocycles. The first-order valence-corrected chi connectivity index (χ1v) is 8.62. The number of nitrogens with one attached hydrogen (secondary N) is 1. The van der Waals surface area contributed by atoms with E-state index in [0.29, 0.717) is 36.1 Å². The second kappa shape index (κ2) is 8.14. The maximum Gasteiger partial charge on any atom is 0.289 e. The summed E-state index contributed by atoms with van der Waals surface area (Å²) in [4.78, 5) is 15.6. The lowest BCUT2D eigenvalue weighted by Gasteiger charge is -2.32. The number of amides is 1. The lowest BCUT2D eigenvalue weighted by Crippen LogP contribution is -3.13. The van der Waals surface area contributed by atoms with Gasteiger partial charge in [0.2, 0.25) is 5.75 Å². The van der Waals surface area contributed by atoms with Crippen molar-refractivity contribution in [2.75, 3.05) is 47.5 Å². The average Bonchev–Trinajstić information content (AvgIpc) is 3.22. The maximum absolute atomic E-state index is 12.4. The van der Waals surface area contributed by atoms with E-state index in [2.05, 4.69) is 0 Å². The van der Waals surface area contributed by atoms with Crippen LogP contribution in [-0.4, -0.2) is 58.3 Å². The van der Waals surface area contributed by atoms with Crippen LogP contribution in [0.4, 0.5) is 0 Å². The standard InChI is InChI=1S/C19H24N2O5/c1-23-15-7-6-14(17(24-2)18(15)25-3)13-20-8-10-21(11-9-20)19(22)16-5-4-12-26-16/h4-7,12H,8-11,13H2,1-3H3/p+1. The van der Waals surface area contributed by atoms with Gasteiger partial charge < -0.3 is 28.4 Å². The van der Waals surface area contributed by atoms with Crippen molar-refractivity contribution in [2.24, 2.45) is 0 Å². The van der Waals surface area contributed by atoms with E-state index >= 15 is 0 Å². The number of carbonyl (C=O) groups is 1. The highest BCUT2D eigenvalue weighted by molar-refractivity contribution is 5.91. The third-order valence-electron chi connectivity index (χ3n) is 4.72. The number of hydrogen-bond acceptors (Lipinski definition) is 5. The minimum atomic E-state index is -0.0438. The molecule has 2 aromatic rings. The Morgan fingerprint density at radius 1 is 1.08 bits per heavy atom. The molecule has 1 amide bonds. The van der Waals surface area contributed by atoms with Gasteiger partial charge in [0, 0.05) is 0 Å². The fraction of sp³-hybridized carbons (Fsp3) is 0.421. The van der Waals surface area contributed by atoms with Crippen molar-refractivity contribution in [2.45, 2.75) is 6.54 Å². The van der Waals surface area contributed by atoms with E-state index in [0.717, 1.165) is 25.2 Å². The highest BCUT2D eigenvalue weighted by atomic mass is 16.5. The lowest BCUT2D eigenvalue weighted by molar-refractivity contribution is -0.917. The van der Waals surface area contributed by atoms with E-state index in [1.54, 1.807) is 33.5 Å². The molecule has 3 rings (SSSR count). The zero-order valence-electron chi connectivity index (χ0n) is 15.4. The molecule has 1 aromatic heterocycles. The Bertz CT molecular complexity index is 737. The molecule has 0 radical (unpaired) electrons. The first-order valence-electron chi connectivity index (χ1n) is 8.62. The first kappa shape index (κ1) is 18.1. The van der Waals surface area contributed by atoms with Crippen LogP contribution < -0.4 is 19.1 Å². The van der Waals surface area contributed by atoms with Crippen LogP contribution in [0.1, 0.15) is 16.1 Å². The lowest BCUT2D eigenvalue weighted by atomic mass is 10.1. The van der Waals surface area contributed by atoms with Crippen LogP contribution in [0.3, 0.4) is 0 Å². The Morgan fingerprint density at radius 3 is 2.38 bits per heavy atom. The molecule has 0 aliphatic carbocycles. The van der Waals surface area contributed by atoms with Crippen molar-refractivity contribution in [3.63, 3.8) is 0 Å². The smallest absolute Gasteiger partial charge is 0.289 e. The Hall–Kier alpha value is -2.67. The zero-order valence-corrected chi connectivity index (χ0v) is 15.4. The van der Waals surface area contributed by atoms with Gasteiger partial charge >= 0.3 is 0 Å². The van der Waals surface area contributed by atoms with Gasteiger partial charge in [0.25, 0.3) is 5.91 Å². The number of nitrogens with zero attached hydrogens (tertiary/aromatic N) is 1. The zero-order chi connectivity index (χ0) is 18.5. The van der Waals surface area contributed by atoms with Gasteiger partial charge in [-0.1, -0.05) is 0 Å². The Balaban J connectivity index is 1.65. The number of ether oxygens (including phenoxy) is 3. The van der Waals surface area contributed by atoms with Crippen molar-refractivity contribution in [1.29, 1.82) is 0 Å². The van der Waals surface area contributed by atoms with Crippen molar-refractivity contribution in [3.8, 4) is 17.2 Å². The number of methoxy groups -OCH3 is 3. The van der Waals surface area contributed by atoms with Crippen LogP contribution in [0, 0.1) is 0 Å². The molecule has 7 heteroatoms. The van der Waals surface area contributed by atoms with Crippen molar-refractivity contribution in [1.82, 2.24) is 4.90 Å². The van der Waals surface area contributed by atoms with E-state index < -0.39 is 0 Å². The summed E-state index contributed by atoms with van der Waals surface area (Å²) in [5.74, 6) is 2.32. The number of piperazine rings is 1. The fourth-order valence-corrected chi connectivity index (χ4v) is 3.33. The minimum Gasteiger partial charge on any atom is -0.493 e. The summed E-state index contributed by atoms with van der Waals surface area (Å²) < 4.78 is 21.6. The summed E-state index contributed by atoms with van der Waals surface area (Å²) in [5, 5.41) is 0. The monoisotopic (exact) mass is 361 g/mol. The van der Waals surface area contributed by atoms with Gasteiger partial charge in [-0.2, -0.15) is 0 Å². The molecule has 1 aromatic carbocycles. The number of hydrogen-bond donors (Lipinski definition) is 1. The van der Waals surface area contributed by atoms with Gasteiger partial charge in [-0.15, -0.1) is 0 Å². The van der Waals surface area contributed by atoms with Gasteiger partial charge in [0.05, 0.1) is 59.3 Å². The highest BCUT2D eigenvalue weighted by Gasteiger charge is 2.27. The fourth-order valence-electron chi connectivity index (χ4n) is 3.33. The normalized spacial score (nSPS) is 15.0. The van der Waals surface area contributed by atoms with Crippen LogP contribution in [0.25, 0.3) is 0 Å². The quantitative estimate of drug-likeness (QED) is 0.826. The minimum absolute atomic E-state index is 0.0438. The largest absolute Gasteiger partial charge is 0.493 e. The predicted molar refractivity (Wildman–Crippen MR) is 95.1 cm³/mol. The number of rotatable bonds is 6. The van der Waals surface area contributed by atoms with E-state index in [-0.39, 0.29) is 5.91 Å². The Kier molecular flexibility index (Phi) is 5.68. The van der Waals surface area contributed by atoms with Gasteiger partial charge in [-0.25, -0.2) is 0 Å². The van der Waals surface area contributed by atoms with Crippen molar-refractivity contribution in [3.05, 3.63) is 41.9 Å². The molecule has 2 heterocycles. The Labute approximate surface area is 153 Å². The number of carbonyl (C=O) groups excluding carboxylic acids is 1. The number of benzene rings is 1. The predicted octanol–water partition coefficient (Wildman–Crippen LogP) is 0.846. The summed E-state index contributed by atoms with van der Waals surface area (Å²) in [7, 11) is 4.85. The second-order valence-corrected chi connectivity index (χ2v) is 6.19. The SMILES string of the molecule is COc1ccc(C[NH+]2CCN(C(=O)c3ccco3)CC2)c(OC)c1OC. The summed E-state index contributed by atoms with van der Waals surface area (Å²) in [6, 6.07) is 7.34. The van der Waals surface area contributed by atoms with Crippen molar-refractivity contribution >= 4 is 5.91 Å². The molecule has 26 heavy (non-hydrogen) atoms. The van der Waals surface area contributed by atoms with Crippen molar-refractivity contribution < 1.29 is 28.3 Å². The molecular weight excluding hydrogens is 336 g/mol. The van der Waals surface area contributed by atoms with E-state index in [1.807, 2.05) is 17.0 Å². The molecule has 1 aliphatic heterocycles. The molecule has 1 fully saturated rings.